The first-order valence-corrected chi connectivity index (χ1v) is 10.2. The van der Waals surface area contributed by atoms with Crippen LogP contribution >= 0.6 is 0 Å². The molecular formula is C17H22BF2N3O5S. The lowest BCUT2D eigenvalue weighted by Gasteiger charge is -2.32. The second-order valence-electron chi connectivity index (χ2n) is 7.63. The van der Waals surface area contributed by atoms with Crippen molar-refractivity contribution >= 4 is 23.4 Å². The number of sulfonamides is 1. The zero-order valence-electron chi connectivity index (χ0n) is 16.6. The third-order valence-corrected chi connectivity index (χ3v) is 6.38. The van der Waals surface area contributed by atoms with Crippen molar-refractivity contribution in [3.05, 3.63) is 41.5 Å². The highest BCUT2D eigenvalue weighted by Gasteiger charge is 2.52. The molecule has 29 heavy (non-hydrogen) atoms. The van der Waals surface area contributed by atoms with Gasteiger partial charge in [0.1, 0.15) is 16.5 Å². The summed E-state index contributed by atoms with van der Waals surface area (Å²) in [6.07, 6.45) is 1.81. The number of allylic oxidation sites excluding steroid dienone is 1. The monoisotopic (exact) mass is 429 g/mol. The van der Waals surface area contributed by atoms with Gasteiger partial charge < -0.3 is 14.0 Å². The molecule has 0 bridgehead atoms. The number of halogens is 2. The van der Waals surface area contributed by atoms with Crippen molar-refractivity contribution in [3.8, 4) is 0 Å². The predicted molar refractivity (Wildman–Crippen MR) is 102 cm³/mol. The molecule has 0 spiro atoms. The normalized spacial score (nSPS) is 23.4. The number of methoxy groups -OCH3 is 1. The van der Waals surface area contributed by atoms with Gasteiger partial charge in [-0.15, -0.1) is 4.83 Å². The fourth-order valence-electron chi connectivity index (χ4n) is 2.71. The number of benzene rings is 1. The summed E-state index contributed by atoms with van der Waals surface area (Å²) in [6, 6.07) is 2.18. The summed E-state index contributed by atoms with van der Waals surface area (Å²) in [5, 5.41) is 1.04. The molecule has 2 heterocycles. The summed E-state index contributed by atoms with van der Waals surface area (Å²) in [6.45, 7) is 7.51. The molecule has 1 N–H and O–H groups in total. The summed E-state index contributed by atoms with van der Waals surface area (Å²) >= 11 is 0. The molecule has 158 valence electrons. The van der Waals surface area contributed by atoms with Crippen molar-refractivity contribution in [3.63, 3.8) is 0 Å². The summed E-state index contributed by atoms with van der Waals surface area (Å²) < 4.78 is 69.4. The zero-order chi connectivity index (χ0) is 21.6. The number of hydrogen-bond acceptors (Lipinski definition) is 7. The predicted octanol–water partition coefficient (Wildman–Crippen LogP) is 1.99. The van der Waals surface area contributed by atoms with Gasteiger partial charge in [0.15, 0.2) is 0 Å². The highest BCUT2D eigenvalue weighted by atomic mass is 32.2. The Morgan fingerprint density at radius 1 is 1.21 bits per heavy atom. The molecule has 0 saturated carbocycles. The Labute approximate surface area is 168 Å². The van der Waals surface area contributed by atoms with Crippen LogP contribution < -0.4 is 4.83 Å². The van der Waals surface area contributed by atoms with E-state index in [0.717, 1.165) is 17.1 Å². The van der Waals surface area contributed by atoms with Crippen LogP contribution in [0.25, 0.3) is 0 Å². The number of hydrogen-bond donors (Lipinski definition) is 1. The van der Waals surface area contributed by atoms with E-state index in [9.17, 15) is 17.2 Å². The summed E-state index contributed by atoms with van der Waals surface area (Å²) in [5.41, 5.74) is -0.780. The first kappa shape index (κ1) is 21.8. The molecule has 2 aliphatic rings. The van der Waals surface area contributed by atoms with Crippen molar-refractivity contribution in [2.24, 2.45) is 4.99 Å². The average Bonchev–Trinajstić information content (AvgIpc) is 2.81. The van der Waals surface area contributed by atoms with Crippen molar-refractivity contribution in [2.75, 3.05) is 7.11 Å². The molecule has 2 aliphatic heterocycles. The van der Waals surface area contributed by atoms with Crippen molar-refractivity contribution in [1.82, 2.24) is 9.84 Å². The van der Waals surface area contributed by atoms with E-state index in [4.69, 9.17) is 14.0 Å². The molecule has 12 heteroatoms. The van der Waals surface area contributed by atoms with E-state index < -0.39 is 51.2 Å². The van der Waals surface area contributed by atoms with Crippen LogP contribution in [-0.4, -0.2) is 51.4 Å². The van der Waals surface area contributed by atoms with Crippen molar-refractivity contribution < 1.29 is 31.2 Å². The molecule has 0 aromatic heterocycles. The van der Waals surface area contributed by atoms with E-state index in [0.29, 0.717) is 11.5 Å². The number of ether oxygens (including phenoxy) is 1. The highest BCUT2D eigenvalue weighted by Crippen LogP contribution is 2.38. The molecule has 1 atom stereocenters. The van der Waals surface area contributed by atoms with Gasteiger partial charge in [-0.2, -0.15) is 0 Å². The lowest BCUT2D eigenvalue weighted by Crippen LogP contribution is -2.47. The molecule has 0 radical (unpaired) electrons. The summed E-state index contributed by atoms with van der Waals surface area (Å²) in [7, 11) is -3.86. The summed E-state index contributed by atoms with van der Waals surface area (Å²) in [5.74, 6) is -2.11. The Hall–Kier alpha value is -1.86. The molecule has 1 aromatic carbocycles. The molecule has 1 fully saturated rings. The first-order chi connectivity index (χ1) is 13.4. The van der Waals surface area contributed by atoms with Gasteiger partial charge in [0.2, 0.25) is 6.35 Å². The van der Waals surface area contributed by atoms with E-state index in [1.807, 2.05) is 27.7 Å². The highest BCUT2D eigenvalue weighted by molar-refractivity contribution is 7.89. The third kappa shape index (κ3) is 4.21. The van der Waals surface area contributed by atoms with Crippen LogP contribution in [0.1, 0.15) is 27.7 Å². The largest absolute Gasteiger partial charge is 0.497 e. The summed E-state index contributed by atoms with van der Waals surface area (Å²) in [4.78, 5) is 5.61. The lowest BCUT2D eigenvalue weighted by molar-refractivity contribution is -0.0113. The lowest BCUT2D eigenvalue weighted by atomic mass is 9.79. The van der Waals surface area contributed by atoms with E-state index >= 15 is 0 Å². The van der Waals surface area contributed by atoms with Gasteiger partial charge in [-0.25, -0.2) is 22.2 Å². The fraction of sp³-hybridized carbons (Fsp3) is 0.471. The minimum atomic E-state index is -4.39. The van der Waals surface area contributed by atoms with Crippen LogP contribution in [0.5, 0.6) is 0 Å². The Morgan fingerprint density at radius 2 is 1.83 bits per heavy atom. The van der Waals surface area contributed by atoms with Crippen LogP contribution in [0.3, 0.4) is 0 Å². The van der Waals surface area contributed by atoms with E-state index in [2.05, 4.69) is 9.82 Å². The number of hydrazine groups is 1. The van der Waals surface area contributed by atoms with E-state index in [1.54, 1.807) is 0 Å². The quantitative estimate of drug-likeness (QED) is 0.721. The molecular weight excluding hydrogens is 407 g/mol. The van der Waals surface area contributed by atoms with Gasteiger partial charge in [-0.1, -0.05) is 0 Å². The molecule has 3 rings (SSSR count). The minimum absolute atomic E-state index is 0.430. The minimum Gasteiger partial charge on any atom is -0.399 e. The van der Waals surface area contributed by atoms with Crippen LogP contribution in [0.2, 0.25) is 0 Å². The van der Waals surface area contributed by atoms with Crippen molar-refractivity contribution in [1.29, 1.82) is 0 Å². The Morgan fingerprint density at radius 3 is 2.38 bits per heavy atom. The van der Waals surface area contributed by atoms with Crippen LogP contribution in [-0.2, 0) is 24.1 Å². The molecule has 0 amide bonds. The molecule has 8 nitrogen and oxygen atoms in total. The van der Waals surface area contributed by atoms with E-state index in [1.165, 1.54) is 19.5 Å². The smallest absolute Gasteiger partial charge is 0.399 e. The second-order valence-corrected chi connectivity index (χ2v) is 9.26. The first-order valence-electron chi connectivity index (χ1n) is 8.75. The van der Waals surface area contributed by atoms with Gasteiger partial charge in [-0.3, -0.25) is 5.01 Å². The SMILES string of the molecule is COC1N=CC(B2OC(C)(C)C(C)(C)O2)=CN1NS(=O)(=O)c1ccc(F)cc1F. The van der Waals surface area contributed by atoms with Gasteiger partial charge in [0.05, 0.1) is 11.2 Å². The maximum Gasteiger partial charge on any atom is 0.497 e. The van der Waals surface area contributed by atoms with Crippen molar-refractivity contribution in [2.45, 2.75) is 50.1 Å². The Bertz CT molecular complexity index is 952. The average molecular weight is 429 g/mol. The van der Waals surface area contributed by atoms with Crippen LogP contribution in [0.15, 0.2) is 39.8 Å². The Balaban J connectivity index is 1.88. The molecule has 1 aromatic rings. The second kappa shape index (κ2) is 7.44. The van der Waals surface area contributed by atoms with Gasteiger partial charge in [0.25, 0.3) is 10.0 Å². The third-order valence-electron chi connectivity index (χ3n) is 5.02. The zero-order valence-corrected chi connectivity index (χ0v) is 17.5. The number of nitrogens with one attached hydrogen (secondary N) is 1. The molecule has 0 aliphatic carbocycles. The fourth-order valence-corrected chi connectivity index (χ4v) is 3.79. The number of aliphatic imine (C=N–C) groups is 1. The standard InChI is InChI=1S/C17H22BF2N3O5S/c1-16(2)17(3,4)28-18(27-16)11-9-21-15(26-5)23(10-11)22-29(24,25)14-7-6-12(19)8-13(14)20/h6-10,15,22H,1-5H3. The van der Waals surface area contributed by atoms with Gasteiger partial charge >= 0.3 is 7.12 Å². The van der Waals surface area contributed by atoms with Gasteiger partial charge in [-0.05, 0) is 39.8 Å². The van der Waals surface area contributed by atoms with Crippen LogP contribution in [0, 0.1) is 11.6 Å². The van der Waals surface area contributed by atoms with Crippen LogP contribution in [0.4, 0.5) is 8.78 Å². The number of nitrogens with zero attached hydrogens (tertiary/aromatic N) is 2. The van der Waals surface area contributed by atoms with E-state index in [-0.39, 0.29) is 0 Å². The Kier molecular flexibility index (Phi) is 5.60. The molecule has 1 unspecified atom stereocenters. The topological polar surface area (TPSA) is 89.5 Å². The van der Waals surface area contributed by atoms with Gasteiger partial charge in [0, 0.05) is 31.1 Å². The molecule has 1 saturated heterocycles. The maximum absolute atomic E-state index is 14.0. The number of rotatable bonds is 5. The maximum atomic E-state index is 14.0.